The lowest BCUT2D eigenvalue weighted by molar-refractivity contribution is 0.346. The zero-order chi connectivity index (χ0) is 13.4. The van der Waals surface area contributed by atoms with E-state index in [1.165, 1.54) is 0 Å². The standard InChI is InChI=1S/C15H23NO2/c1-5-8-13(16-11-6-2)12-9-7-10-14(17-3)15(12)18-4/h5,7,9-10,13,16H,1,6,8,11H2,2-4H3. The number of nitrogens with one attached hydrogen (secondary N) is 1. The van der Waals surface area contributed by atoms with E-state index >= 15 is 0 Å². The van der Waals surface area contributed by atoms with Crippen LogP contribution in [0.5, 0.6) is 11.5 Å². The Kier molecular flexibility index (Phi) is 6.29. The average molecular weight is 249 g/mol. The Balaban J connectivity index is 3.05. The summed E-state index contributed by atoms with van der Waals surface area (Å²) >= 11 is 0. The molecule has 0 saturated heterocycles. The highest BCUT2D eigenvalue weighted by Crippen LogP contribution is 2.35. The summed E-state index contributed by atoms with van der Waals surface area (Å²) in [6.07, 6.45) is 3.88. The summed E-state index contributed by atoms with van der Waals surface area (Å²) in [6.45, 7) is 6.94. The molecule has 0 aliphatic carbocycles. The minimum atomic E-state index is 0.215. The third-order valence-corrected chi connectivity index (χ3v) is 2.85. The maximum atomic E-state index is 5.48. The Morgan fingerprint density at radius 2 is 2.11 bits per heavy atom. The number of methoxy groups -OCH3 is 2. The van der Waals surface area contributed by atoms with Gasteiger partial charge in [-0.15, -0.1) is 6.58 Å². The maximum absolute atomic E-state index is 5.48. The molecule has 0 radical (unpaired) electrons. The first-order valence-electron chi connectivity index (χ1n) is 6.33. The van der Waals surface area contributed by atoms with E-state index in [1.54, 1.807) is 14.2 Å². The summed E-state index contributed by atoms with van der Waals surface area (Å²) in [7, 11) is 3.33. The highest BCUT2D eigenvalue weighted by Gasteiger charge is 2.17. The van der Waals surface area contributed by atoms with Gasteiger partial charge in [0.15, 0.2) is 11.5 Å². The molecule has 1 N–H and O–H groups in total. The van der Waals surface area contributed by atoms with Gasteiger partial charge in [0.25, 0.3) is 0 Å². The summed E-state index contributed by atoms with van der Waals surface area (Å²) in [5.41, 5.74) is 1.12. The van der Waals surface area contributed by atoms with Crippen LogP contribution in [0.25, 0.3) is 0 Å². The number of rotatable bonds is 8. The van der Waals surface area contributed by atoms with Crippen molar-refractivity contribution in [2.45, 2.75) is 25.8 Å². The molecule has 0 spiro atoms. The van der Waals surface area contributed by atoms with Crippen LogP contribution in [0.4, 0.5) is 0 Å². The zero-order valence-corrected chi connectivity index (χ0v) is 11.5. The lowest BCUT2D eigenvalue weighted by atomic mass is 10.0. The predicted molar refractivity (Wildman–Crippen MR) is 75.4 cm³/mol. The Hall–Kier alpha value is -1.48. The average Bonchev–Trinajstić information content (AvgIpc) is 2.42. The van der Waals surface area contributed by atoms with Gasteiger partial charge in [0, 0.05) is 11.6 Å². The van der Waals surface area contributed by atoms with Crippen molar-refractivity contribution in [1.82, 2.24) is 5.32 Å². The third-order valence-electron chi connectivity index (χ3n) is 2.85. The van der Waals surface area contributed by atoms with Gasteiger partial charge in [0.2, 0.25) is 0 Å². The number of hydrogen-bond acceptors (Lipinski definition) is 3. The van der Waals surface area contributed by atoms with Crippen molar-refractivity contribution in [3.63, 3.8) is 0 Å². The molecule has 0 fully saturated rings. The van der Waals surface area contributed by atoms with E-state index in [1.807, 2.05) is 18.2 Å². The largest absolute Gasteiger partial charge is 0.493 e. The molecular formula is C15H23NO2. The van der Waals surface area contributed by atoms with Gasteiger partial charge < -0.3 is 14.8 Å². The topological polar surface area (TPSA) is 30.5 Å². The summed E-state index contributed by atoms with van der Waals surface area (Å²) < 4.78 is 10.8. The first-order chi connectivity index (χ1) is 8.78. The predicted octanol–water partition coefficient (Wildman–Crippen LogP) is 3.32. The molecule has 1 aromatic carbocycles. The van der Waals surface area contributed by atoms with Gasteiger partial charge in [-0.1, -0.05) is 25.1 Å². The number of hydrogen-bond donors (Lipinski definition) is 1. The number of para-hydroxylation sites is 1. The highest BCUT2D eigenvalue weighted by molar-refractivity contribution is 5.48. The van der Waals surface area contributed by atoms with Gasteiger partial charge >= 0.3 is 0 Å². The molecule has 1 atom stereocenters. The molecule has 1 unspecified atom stereocenters. The van der Waals surface area contributed by atoms with Crippen molar-refractivity contribution in [3.05, 3.63) is 36.4 Å². The molecule has 1 aromatic rings. The maximum Gasteiger partial charge on any atom is 0.165 e. The molecule has 0 amide bonds. The molecule has 3 nitrogen and oxygen atoms in total. The van der Waals surface area contributed by atoms with E-state index in [4.69, 9.17) is 9.47 Å². The SMILES string of the molecule is C=CCC(NCCC)c1cccc(OC)c1OC. The zero-order valence-electron chi connectivity index (χ0n) is 11.5. The fourth-order valence-electron chi connectivity index (χ4n) is 1.99. The van der Waals surface area contributed by atoms with Crippen molar-refractivity contribution in [2.24, 2.45) is 0 Å². The van der Waals surface area contributed by atoms with Gasteiger partial charge in [-0.2, -0.15) is 0 Å². The van der Waals surface area contributed by atoms with Crippen LogP contribution in [0.3, 0.4) is 0 Å². The van der Waals surface area contributed by atoms with E-state index in [-0.39, 0.29) is 6.04 Å². The van der Waals surface area contributed by atoms with Gasteiger partial charge in [-0.3, -0.25) is 0 Å². The van der Waals surface area contributed by atoms with E-state index in [0.29, 0.717) is 0 Å². The van der Waals surface area contributed by atoms with Crippen molar-refractivity contribution in [2.75, 3.05) is 20.8 Å². The van der Waals surface area contributed by atoms with Gasteiger partial charge in [0.1, 0.15) is 0 Å². The number of benzene rings is 1. The molecule has 0 aromatic heterocycles. The Morgan fingerprint density at radius 1 is 1.33 bits per heavy atom. The van der Waals surface area contributed by atoms with Crippen LogP contribution in [0.1, 0.15) is 31.4 Å². The second-order valence-electron chi connectivity index (χ2n) is 4.11. The van der Waals surface area contributed by atoms with Crippen molar-refractivity contribution in [3.8, 4) is 11.5 Å². The second-order valence-corrected chi connectivity index (χ2v) is 4.11. The smallest absolute Gasteiger partial charge is 0.165 e. The van der Waals surface area contributed by atoms with Crippen LogP contribution < -0.4 is 14.8 Å². The monoisotopic (exact) mass is 249 g/mol. The minimum Gasteiger partial charge on any atom is -0.493 e. The quantitative estimate of drug-likeness (QED) is 0.717. The van der Waals surface area contributed by atoms with E-state index in [0.717, 1.165) is 36.4 Å². The van der Waals surface area contributed by atoms with Crippen LogP contribution in [0.15, 0.2) is 30.9 Å². The fourth-order valence-corrected chi connectivity index (χ4v) is 1.99. The van der Waals surface area contributed by atoms with Crippen LogP contribution >= 0.6 is 0 Å². The molecule has 0 aliphatic rings. The highest BCUT2D eigenvalue weighted by atomic mass is 16.5. The first-order valence-corrected chi connectivity index (χ1v) is 6.33. The minimum absolute atomic E-state index is 0.215. The van der Waals surface area contributed by atoms with E-state index in [9.17, 15) is 0 Å². The molecule has 0 saturated carbocycles. The Labute approximate surface area is 110 Å². The third kappa shape index (κ3) is 3.50. The van der Waals surface area contributed by atoms with Crippen LogP contribution in [-0.4, -0.2) is 20.8 Å². The summed E-state index contributed by atoms with van der Waals surface area (Å²) in [6, 6.07) is 6.18. The normalized spacial score (nSPS) is 11.9. The Morgan fingerprint density at radius 3 is 2.67 bits per heavy atom. The van der Waals surface area contributed by atoms with Gasteiger partial charge in [-0.25, -0.2) is 0 Å². The van der Waals surface area contributed by atoms with Gasteiger partial charge in [-0.05, 0) is 25.5 Å². The van der Waals surface area contributed by atoms with Crippen LogP contribution in [0, 0.1) is 0 Å². The van der Waals surface area contributed by atoms with Crippen LogP contribution in [0.2, 0.25) is 0 Å². The Bertz CT molecular complexity index is 377. The lowest BCUT2D eigenvalue weighted by Gasteiger charge is -2.21. The molecule has 100 valence electrons. The lowest BCUT2D eigenvalue weighted by Crippen LogP contribution is -2.22. The molecular weight excluding hydrogens is 226 g/mol. The second kappa shape index (κ2) is 7.77. The molecule has 0 heterocycles. The molecule has 0 bridgehead atoms. The van der Waals surface area contributed by atoms with Crippen molar-refractivity contribution >= 4 is 0 Å². The van der Waals surface area contributed by atoms with E-state index < -0.39 is 0 Å². The van der Waals surface area contributed by atoms with Gasteiger partial charge in [0.05, 0.1) is 14.2 Å². The van der Waals surface area contributed by atoms with Crippen molar-refractivity contribution < 1.29 is 9.47 Å². The summed E-state index contributed by atoms with van der Waals surface area (Å²) in [5, 5.41) is 3.51. The van der Waals surface area contributed by atoms with Crippen LogP contribution in [-0.2, 0) is 0 Å². The fraction of sp³-hybridized carbons (Fsp3) is 0.467. The first kappa shape index (κ1) is 14.6. The molecule has 18 heavy (non-hydrogen) atoms. The molecule has 0 aliphatic heterocycles. The molecule has 3 heteroatoms. The summed E-state index contributed by atoms with van der Waals surface area (Å²) in [4.78, 5) is 0. The molecule has 1 rings (SSSR count). The summed E-state index contributed by atoms with van der Waals surface area (Å²) in [5.74, 6) is 1.57. The number of ether oxygens (including phenoxy) is 2. The van der Waals surface area contributed by atoms with E-state index in [2.05, 4.69) is 24.9 Å². The van der Waals surface area contributed by atoms with Crippen molar-refractivity contribution in [1.29, 1.82) is 0 Å².